The molecular weight excluding hydrogens is 436 g/mol. The van der Waals surface area contributed by atoms with Crippen LogP contribution in [0.1, 0.15) is 35.5 Å². The molecule has 156 valence electrons. The molecule has 0 aliphatic carbocycles. The molecule has 0 bridgehead atoms. The van der Waals surface area contributed by atoms with Crippen molar-refractivity contribution in [3.63, 3.8) is 0 Å². The minimum absolute atomic E-state index is 0.106. The highest BCUT2D eigenvalue weighted by Crippen LogP contribution is 2.35. The summed E-state index contributed by atoms with van der Waals surface area (Å²) in [6, 6.07) is 11.1. The van der Waals surface area contributed by atoms with Crippen LogP contribution in [0.25, 0.3) is 21.7 Å². The fraction of sp³-hybridized carbons (Fsp3) is 0.190. The maximum Gasteiger partial charge on any atom is 0.284 e. The van der Waals surface area contributed by atoms with E-state index in [9.17, 15) is 9.59 Å². The normalized spacial score (nSPS) is 13.3. The zero-order valence-corrected chi connectivity index (χ0v) is 18.0. The summed E-state index contributed by atoms with van der Waals surface area (Å²) in [6.45, 7) is 0.966. The highest BCUT2D eigenvalue weighted by Gasteiger charge is 2.27. The maximum absolute atomic E-state index is 13.2. The van der Waals surface area contributed by atoms with Gasteiger partial charge in [0.15, 0.2) is 5.58 Å². The summed E-state index contributed by atoms with van der Waals surface area (Å²) in [5.74, 6) is 0.0241. The Hall–Kier alpha value is -3.39. The Morgan fingerprint density at radius 1 is 1.26 bits per heavy atom. The van der Waals surface area contributed by atoms with Gasteiger partial charge in [-0.2, -0.15) is 5.26 Å². The third kappa shape index (κ3) is 3.23. The number of nitrogens with one attached hydrogen (secondary N) is 1. The fourth-order valence-corrected chi connectivity index (χ4v) is 5.66. The molecule has 0 radical (unpaired) electrons. The van der Waals surface area contributed by atoms with Crippen molar-refractivity contribution in [2.45, 2.75) is 13.0 Å². The number of carbonyl (C=O) groups is 2. The number of aryl methyl sites for hydroxylation is 1. The third-order valence-electron chi connectivity index (χ3n) is 5.40. The SMILES string of the molecule is Cn1c(C(=O)N2CCc3cc(C(=O)NO)sc3C2)cc2oc(-c3ccc(C#N)s3)cc21. The summed E-state index contributed by atoms with van der Waals surface area (Å²) in [5, 5.41) is 17.9. The minimum atomic E-state index is -0.538. The van der Waals surface area contributed by atoms with Crippen LogP contribution < -0.4 is 5.48 Å². The summed E-state index contributed by atoms with van der Waals surface area (Å²) in [4.78, 5) is 29.5. The molecule has 0 spiro atoms. The van der Waals surface area contributed by atoms with E-state index in [4.69, 9.17) is 14.9 Å². The van der Waals surface area contributed by atoms with E-state index in [1.807, 2.05) is 23.7 Å². The second kappa shape index (κ2) is 7.39. The number of hydrogen-bond acceptors (Lipinski definition) is 7. The first-order valence-corrected chi connectivity index (χ1v) is 11.1. The largest absolute Gasteiger partial charge is 0.454 e. The molecule has 0 aromatic carbocycles. The van der Waals surface area contributed by atoms with Crippen molar-refractivity contribution in [3.05, 3.63) is 56.2 Å². The topological polar surface area (TPSA) is 112 Å². The molecule has 1 aliphatic heterocycles. The number of furan rings is 1. The zero-order chi connectivity index (χ0) is 21.7. The quantitative estimate of drug-likeness (QED) is 0.363. The number of nitrogens with zero attached hydrogens (tertiary/aromatic N) is 3. The lowest BCUT2D eigenvalue weighted by atomic mass is 10.1. The molecule has 0 fully saturated rings. The summed E-state index contributed by atoms with van der Waals surface area (Å²) in [5.41, 5.74) is 4.63. The van der Waals surface area contributed by atoms with Crippen LogP contribution in [-0.4, -0.2) is 33.0 Å². The van der Waals surface area contributed by atoms with Crippen molar-refractivity contribution in [3.8, 4) is 16.7 Å². The molecule has 2 amide bonds. The van der Waals surface area contributed by atoms with Gasteiger partial charge >= 0.3 is 0 Å². The lowest BCUT2D eigenvalue weighted by Gasteiger charge is -2.27. The Morgan fingerprint density at radius 3 is 2.81 bits per heavy atom. The van der Waals surface area contributed by atoms with E-state index in [0.717, 1.165) is 20.8 Å². The van der Waals surface area contributed by atoms with E-state index >= 15 is 0 Å². The van der Waals surface area contributed by atoms with Crippen molar-refractivity contribution in [2.24, 2.45) is 7.05 Å². The summed E-state index contributed by atoms with van der Waals surface area (Å²) < 4.78 is 7.77. The lowest BCUT2D eigenvalue weighted by Crippen LogP contribution is -2.36. The zero-order valence-electron chi connectivity index (χ0n) is 16.3. The summed E-state index contributed by atoms with van der Waals surface area (Å²) in [7, 11) is 1.83. The van der Waals surface area contributed by atoms with Crippen molar-refractivity contribution in [1.82, 2.24) is 14.9 Å². The van der Waals surface area contributed by atoms with Crippen LogP contribution >= 0.6 is 22.7 Å². The van der Waals surface area contributed by atoms with E-state index < -0.39 is 5.91 Å². The van der Waals surface area contributed by atoms with Gasteiger partial charge in [0.05, 0.1) is 21.8 Å². The monoisotopic (exact) mass is 452 g/mol. The fourth-order valence-electron chi connectivity index (χ4n) is 3.79. The van der Waals surface area contributed by atoms with Crippen LogP contribution in [0.4, 0.5) is 0 Å². The molecule has 4 aromatic heterocycles. The van der Waals surface area contributed by atoms with Gasteiger partial charge in [-0.05, 0) is 30.2 Å². The van der Waals surface area contributed by atoms with Crippen LogP contribution in [0.3, 0.4) is 0 Å². The van der Waals surface area contributed by atoms with Crippen LogP contribution in [0.2, 0.25) is 0 Å². The van der Waals surface area contributed by atoms with Gasteiger partial charge in [-0.3, -0.25) is 14.8 Å². The molecule has 4 aromatic rings. The number of rotatable bonds is 3. The van der Waals surface area contributed by atoms with Crippen molar-refractivity contribution in [1.29, 1.82) is 5.26 Å². The molecule has 1 aliphatic rings. The van der Waals surface area contributed by atoms with E-state index in [2.05, 4.69) is 6.07 Å². The van der Waals surface area contributed by atoms with Crippen molar-refractivity contribution < 1.29 is 19.2 Å². The van der Waals surface area contributed by atoms with E-state index in [1.54, 1.807) is 28.6 Å². The molecule has 0 unspecified atom stereocenters. The number of nitriles is 1. The van der Waals surface area contributed by atoms with Crippen molar-refractivity contribution in [2.75, 3.05) is 6.54 Å². The van der Waals surface area contributed by atoms with Crippen molar-refractivity contribution >= 4 is 45.6 Å². The molecule has 0 saturated heterocycles. The van der Waals surface area contributed by atoms with E-state index in [0.29, 0.717) is 46.3 Å². The Bertz CT molecular complexity index is 1380. The number of carbonyl (C=O) groups excluding carboxylic acids is 2. The molecular formula is C21H16N4O4S2. The van der Waals surface area contributed by atoms with Gasteiger partial charge in [-0.1, -0.05) is 0 Å². The first-order valence-electron chi connectivity index (χ1n) is 9.43. The van der Waals surface area contributed by atoms with Gasteiger partial charge in [0.25, 0.3) is 11.8 Å². The number of thiophene rings is 2. The standard InChI is InChI=1S/C21H16N4O4S2/c1-24-13-7-16(17-3-2-12(9-22)30-17)29-15(13)8-14(24)21(27)25-5-4-11-6-18(20(26)23-28)31-19(11)10-25/h2-3,6-8,28H,4-5,10H2,1H3,(H,23,26). The summed E-state index contributed by atoms with van der Waals surface area (Å²) >= 11 is 2.65. The predicted octanol–water partition coefficient (Wildman–Crippen LogP) is 3.75. The average Bonchev–Trinajstić information content (AvgIpc) is 3.55. The summed E-state index contributed by atoms with van der Waals surface area (Å²) in [6.07, 6.45) is 0.653. The van der Waals surface area contributed by atoms with Gasteiger partial charge in [-0.25, -0.2) is 5.48 Å². The maximum atomic E-state index is 13.2. The number of amides is 2. The van der Waals surface area contributed by atoms with Gasteiger partial charge in [0.2, 0.25) is 0 Å². The number of aromatic nitrogens is 1. The van der Waals surface area contributed by atoms with Gasteiger partial charge in [-0.15, -0.1) is 22.7 Å². The molecule has 2 N–H and O–H groups in total. The van der Waals surface area contributed by atoms with Crippen LogP contribution in [0, 0.1) is 11.3 Å². The lowest BCUT2D eigenvalue weighted by molar-refractivity contribution is 0.0708. The Kier molecular flexibility index (Phi) is 4.66. The van der Waals surface area contributed by atoms with Gasteiger partial charge in [0.1, 0.15) is 22.4 Å². The van der Waals surface area contributed by atoms with E-state index in [1.165, 1.54) is 22.7 Å². The van der Waals surface area contributed by atoms with Crippen LogP contribution in [-0.2, 0) is 20.0 Å². The highest BCUT2D eigenvalue weighted by molar-refractivity contribution is 7.16. The number of fused-ring (bicyclic) bond motifs is 2. The van der Waals surface area contributed by atoms with Gasteiger partial charge in [0, 0.05) is 30.6 Å². The Morgan fingerprint density at radius 2 is 2.10 bits per heavy atom. The Balaban J connectivity index is 1.40. The first kappa shape index (κ1) is 19.6. The molecule has 5 rings (SSSR count). The second-order valence-corrected chi connectivity index (χ2v) is 9.42. The molecule has 5 heterocycles. The first-order chi connectivity index (χ1) is 15.0. The second-order valence-electron chi connectivity index (χ2n) is 7.20. The minimum Gasteiger partial charge on any atom is -0.454 e. The third-order valence-corrected chi connectivity index (χ3v) is 7.57. The Labute approximate surface area is 184 Å². The van der Waals surface area contributed by atoms with Crippen LogP contribution in [0.15, 0.2) is 34.7 Å². The number of hydrogen-bond donors (Lipinski definition) is 2. The smallest absolute Gasteiger partial charge is 0.284 e. The molecule has 0 saturated carbocycles. The molecule has 10 heteroatoms. The van der Waals surface area contributed by atoms with Gasteiger partial charge < -0.3 is 13.9 Å². The van der Waals surface area contributed by atoms with Crippen LogP contribution in [0.5, 0.6) is 0 Å². The number of hydroxylamine groups is 1. The molecule has 31 heavy (non-hydrogen) atoms. The molecule has 0 atom stereocenters. The predicted molar refractivity (Wildman–Crippen MR) is 115 cm³/mol. The van der Waals surface area contributed by atoms with E-state index in [-0.39, 0.29) is 5.91 Å². The average molecular weight is 453 g/mol. The highest BCUT2D eigenvalue weighted by atomic mass is 32.1. The molecule has 8 nitrogen and oxygen atoms in total.